The highest BCUT2D eigenvalue weighted by molar-refractivity contribution is 7.87. The molecule has 112 valence electrons. The first-order chi connectivity index (χ1) is 8.95. The van der Waals surface area contributed by atoms with Crippen molar-refractivity contribution in [1.82, 2.24) is 9.03 Å². The van der Waals surface area contributed by atoms with E-state index in [0.29, 0.717) is 19.1 Å². The molecule has 0 heterocycles. The largest absolute Gasteiger partial charge is 0.469 e. The van der Waals surface area contributed by atoms with Gasteiger partial charge in [0.1, 0.15) is 0 Å². The maximum atomic E-state index is 11.7. The van der Waals surface area contributed by atoms with Gasteiger partial charge in [0, 0.05) is 26.7 Å². The molecular formula is C11H22N2O5S. The Hall–Kier alpha value is -0.700. The summed E-state index contributed by atoms with van der Waals surface area (Å²) in [6, 6.07) is 0. The molecule has 0 aromatic rings. The van der Waals surface area contributed by atoms with Crippen LogP contribution in [0.1, 0.15) is 19.3 Å². The lowest BCUT2D eigenvalue weighted by Gasteiger charge is -2.17. The highest BCUT2D eigenvalue weighted by Gasteiger charge is 2.21. The highest BCUT2D eigenvalue weighted by Crippen LogP contribution is 2.28. The first-order valence-electron chi connectivity index (χ1n) is 6.31. The SMILES string of the molecule is COC(=O)CCN(C)S(=O)(=O)NCCOCC1CC1. The number of nitrogens with one attached hydrogen (secondary N) is 1. The molecule has 1 saturated carbocycles. The van der Waals surface area contributed by atoms with Crippen molar-refractivity contribution in [1.29, 1.82) is 0 Å². The second kappa shape index (κ2) is 7.78. The third-order valence-electron chi connectivity index (χ3n) is 2.85. The van der Waals surface area contributed by atoms with E-state index in [9.17, 15) is 13.2 Å². The molecule has 0 aromatic heterocycles. The lowest BCUT2D eigenvalue weighted by Crippen LogP contribution is -2.40. The molecule has 0 spiro atoms. The van der Waals surface area contributed by atoms with Gasteiger partial charge in [0.25, 0.3) is 10.2 Å². The monoisotopic (exact) mass is 294 g/mol. The van der Waals surface area contributed by atoms with Gasteiger partial charge in [0.05, 0.1) is 20.1 Å². The molecule has 1 fully saturated rings. The van der Waals surface area contributed by atoms with Gasteiger partial charge < -0.3 is 9.47 Å². The molecule has 0 amide bonds. The fraction of sp³-hybridized carbons (Fsp3) is 0.909. The zero-order valence-electron chi connectivity index (χ0n) is 11.4. The summed E-state index contributed by atoms with van der Waals surface area (Å²) in [4.78, 5) is 10.9. The third kappa shape index (κ3) is 6.86. The van der Waals surface area contributed by atoms with Crippen molar-refractivity contribution < 1.29 is 22.7 Å². The summed E-state index contributed by atoms with van der Waals surface area (Å²) in [7, 11) is -0.871. The van der Waals surface area contributed by atoms with Crippen LogP contribution in [0.25, 0.3) is 0 Å². The van der Waals surface area contributed by atoms with E-state index in [1.54, 1.807) is 0 Å². The van der Waals surface area contributed by atoms with E-state index in [1.165, 1.54) is 27.0 Å². The van der Waals surface area contributed by atoms with Gasteiger partial charge in [0.2, 0.25) is 0 Å². The lowest BCUT2D eigenvalue weighted by atomic mass is 10.4. The van der Waals surface area contributed by atoms with Crippen molar-refractivity contribution in [3.63, 3.8) is 0 Å². The Morgan fingerprint density at radius 2 is 2.11 bits per heavy atom. The molecule has 1 rings (SSSR count). The van der Waals surface area contributed by atoms with E-state index in [-0.39, 0.29) is 19.5 Å². The second-order valence-electron chi connectivity index (χ2n) is 4.57. The number of carbonyl (C=O) groups is 1. The van der Waals surface area contributed by atoms with Crippen molar-refractivity contribution in [3.05, 3.63) is 0 Å². The average molecular weight is 294 g/mol. The number of rotatable bonds is 10. The van der Waals surface area contributed by atoms with Crippen molar-refractivity contribution in [2.75, 3.05) is 40.5 Å². The number of carbonyl (C=O) groups excluding carboxylic acids is 1. The van der Waals surface area contributed by atoms with Crippen molar-refractivity contribution in [3.8, 4) is 0 Å². The summed E-state index contributed by atoms with van der Waals surface area (Å²) in [6.07, 6.45) is 2.45. The highest BCUT2D eigenvalue weighted by atomic mass is 32.2. The van der Waals surface area contributed by atoms with Crippen molar-refractivity contribution >= 4 is 16.2 Å². The fourth-order valence-corrected chi connectivity index (χ4v) is 2.25. The molecular weight excluding hydrogens is 272 g/mol. The van der Waals surface area contributed by atoms with Gasteiger partial charge in [-0.25, -0.2) is 0 Å². The molecule has 7 nitrogen and oxygen atoms in total. The Morgan fingerprint density at radius 1 is 1.42 bits per heavy atom. The van der Waals surface area contributed by atoms with Crippen LogP contribution in [0, 0.1) is 5.92 Å². The Morgan fingerprint density at radius 3 is 2.68 bits per heavy atom. The van der Waals surface area contributed by atoms with E-state index < -0.39 is 16.2 Å². The molecule has 0 aromatic carbocycles. The zero-order valence-corrected chi connectivity index (χ0v) is 12.2. The minimum Gasteiger partial charge on any atom is -0.469 e. The van der Waals surface area contributed by atoms with Crippen LogP contribution in [0.5, 0.6) is 0 Å². The van der Waals surface area contributed by atoms with E-state index in [2.05, 4.69) is 9.46 Å². The van der Waals surface area contributed by atoms with E-state index in [4.69, 9.17) is 4.74 Å². The van der Waals surface area contributed by atoms with Crippen LogP contribution in [0.4, 0.5) is 0 Å². The number of nitrogens with zero attached hydrogens (tertiary/aromatic N) is 1. The maximum Gasteiger partial charge on any atom is 0.306 e. The minimum atomic E-state index is -3.55. The molecule has 0 atom stereocenters. The first-order valence-corrected chi connectivity index (χ1v) is 7.75. The standard InChI is InChI=1S/C11H22N2O5S/c1-13(7-5-11(14)17-2)19(15,16)12-6-8-18-9-10-3-4-10/h10,12H,3-9H2,1-2H3. The van der Waals surface area contributed by atoms with Gasteiger partial charge >= 0.3 is 5.97 Å². The number of methoxy groups -OCH3 is 1. The minimum absolute atomic E-state index is 0.0338. The normalized spacial score (nSPS) is 15.7. The number of esters is 1. The van der Waals surface area contributed by atoms with Gasteiger partial charge in [-0.3, -0.25) is 4.79 Å². The predicted octanol–water partition coefficient (Wildman–Crippen LogP) is -0.258. The second-order valence-corrected chi connectivity index (χ2v) is 6.43. The van der Waals surface area contributed by atoms with Crippen LogP contribution in [0.3, 0.4) is 0 Å². The summed E-state index contributed by atoms with van der Waals surface area (Å²) in [5.74, 6) is 0.231. The summed E-state index contributed by atoms with van der Waals surface area (Å²) in [6.45, 7) is 1.39. The van der Waals surface area contributed by atoms with Crippen LogP contribution in [-0.4, -0.2) is 59.2 Å². The molecule has 0 aliphatic heterocycles. The summed E-state index contributed by atoms with van der Waals surface area (Å²) >= 11 is 0. The third-order valence-corrected chi connectivity index (χ3v) is 4.42. The molecule has 0 bridgehead atoms. The van der Waals surface area contributed by atoms with E-state index in [0.717, 1.165) is 4.31 Å². The van der Waals surface area contributed by atoms with Crippen molar-refractivity contribution in [2.24, 2.45) is 5.92 Å². The summed E-state index contributed by atoms with van der Waals surface area (Å²) < 4.78 is 36.8. The van der Waals surface area contributed by atoms with Crippen LogP contribution in [0.2, 0.25) is 0 Å². The van der Waals surface area contributed by atoms with Gasteiger partial charge in [-0.05, 0) is 18.8 Å². The van der Waals surface area contributed by atoms with Crippen molar-refractivity contribution in [2.45, 2.75) is 19.3 Å². The predicted molar refractivity (Wildman–Crippen MR) is 69.7 cm³/mol. The molecule has 1 N–H and O–H groups in total. The van der Waals surface area contributed by atoms with Gasteiger partial charge in [-0.2, -0.15) is 17.4 Å². The molecule has 0 saturated heterocycles. The fourth-order valence-electron chi connectivity index (χ4n) is 1.36. The Kier molecular flexibility index (Phi) is 6.70. The topological polar surface area (TPSA) is 84.9 Å². The molecule has 0 radical (unpaired) electrons. The molecule has 1 aliphatic rings. The lowest BCUT2D eigenvalue weighted by molar-refractivity contribution is -0.140. The van der Waals surface area contributed by atoms with E-state index >= 15 is 0 Å². The van der Waals surface area contributed by atoms with Crippen LogP contribution in [0.15, 0.2) is 0 Å². The molecule has 19 heavy (non-hydrogen) atoms. The van der Waals surface area contributed by atoms with Gasteiger partial charge in [-0.1, -0.05) is 0 Å². The van der Waals surface area contributed by atoms with Crippen LogP contribution >= 0.6 is 0 Å². The van der Waals surface area contributed by atoms with Gasteiger partial charge in [-0.15, -0.1) is 0 Å². The Bertz CT molecular complexity index is 381. The smallest absolute Gasteiger partial charge is 0.306 e. The summed E-state index contributed by atoms with van der Waals surface area (Å²) in [5, 5.41) is 0. The zero-order chi connectivity index (χ0) is 14.3. The molecule has 8 heteroatoms. The quantitative estimate of drug-likeness (QED) is 0.443. The molecule has 0 unspecified atom stereocenters. The first kappa shape index (κ1) is 16.4. The Labute approximate surface area is 114 Å². The maximum absolute atomic E-state index is 11.7. The molecule has 1 aliphatic carbocycles. The number of hydrogen-bond acceptors (Lipinski definition) is 5. The average Bonchev–Trinajstić information content (AvgIpc) is 3.18. The number of hydrogen-bond donors (Lipinski definition) is 1. The summed E-state index contributed by atoms with van der Waals surface area (Å²) in [5.41, 5.74) is 0. The van der Waals surface area contributed by atoms with Gasteiger partial charge in [0.15, 0.2) is 0 Å². The van der Waals surface area contributed by atoms with E-state index in [1.807, 2.05) is 0 Å². The number of ether oxygens (including phenoxy) is 2. The van der Waals surface area contributed by atoms with Crippen LogP contribution < -0.4 is 4.72 Å². The van der Waals surface area contributed by atoms with Crippen LogP contribution in [-0.2, 0) is 24.5 Å². The Balaban J connectivity index is 2.15.